The van der Waals surface area contributed by atoms with Gasteiger partial charge in [0.1, 0.15) is 5.01 Å². The Morgan fingerprint density at radius 1 is 0.512 bits per heavy atom. The number of para-hydroxylation sites is 2. The number of thiophene rings is 1. The van der Waals surface area contributed by atoms with Crippen molar-refractivity contribution in [3.05, 3.63) is 133 Å². The first-order valence-electron chi connectivity index (χ1n) is 13.7. The van der Waals surface area contributed by atoms with Gasteiger partial charge in [-0.05, 0) is 42.0 Å². The first kappa shape index (κ1) is 23.0. The zero-order valence-corrected chi connectivity index (χ0v) is 23.5. The van der Waals surface area contributed by atoms with E-state index >= 15 is 0 Å². The number of fused-ring (bicyclic) bond motifs is 8. The lowest BCUT2D eigenvalue weighted by Crippen LogP contribution is -1.92. The standard InChI is InChI=1S/C37H22N2S2/c1-3-12-23(13-4-1)28-22-29-36(34-26-17-8-10-21-32(26)40-35(28)34)41-37(38-29)27-18-11-20-31-33(27)25-16-7-9-19-30(25)39(31)24-14-5-2-6-15-24/h1-22H. The summed E-state index contributed by atoms with van der Waals surface area (Å²) in [4.78, 5) is 5.36. The molecule has 3 aromatic heterocycles. The number of thiazole rings is 1. The largest absolute Gasteiger partial charge is 0.309 e. The molecule has 0 aliphatic heterocycles. The highest BCUT2D eigenvalue weighted by atomic mass is 32.1. The van der Waals surface area contributed by atoms with Gasteiger partial charge in [-0.25, -0.2) is 4.98 Å². The molecule has 2 nitrogen and oxygen atoms in total. The lowest BCUT2D eigenvalue weighted by molar-refractivity contribution is 1.18. The number of hydrogen-bond acceptors (Lipinski definition) is 3. The molecule has 0 unspecified atom stereocenters. The van der Waals surface area contributed by atoms with Crippen LogP contribution < -0.4 is 0 Å². The van der Waals surface area contributed by atoms with Gasteiger partial charge in [0, 0.05) is 47.8 Å². The van der Waals surface area contributed by atoms with E-state index in [-0.39, 0.29) is 0 Å². The average Bonchev–Trinajstić information content (AvgIpc) is 3.73. The van der Waals surface area contributed by atoms with Crippen LogP contribution in [0.1, 0.15) is 0 Å². The third-order valence-corrected chi connectivity index (χ3v) is 10.4. The van der Waals surface area contributed by atoms with Crippen molar-refractivity contribution >= 4 is 74.9 Å². The van der Waals surface area contributed by atoms with Crippen LogP contribution in [0.3, 0.4) is 0 Å². The minimum atomic E-state index is 1.06. The van der Waals surface area contributed by atoms with Gasteiger partial charge in [-0.15, -0.1) is 22.7 Å². The summed E-state index contributed by atoms with van der Waals surface area (Å²) in [6.07, 6.45) is 0. The van der Waals surface area contributed by atoms with Crippen LogP contribution in [0.2, 0.25) is 0 Å². The first-order chi connectivity index (χ1) is 20.3. The molecule has 192 valence electrons. The number of nitrogens with zero attached hydrogens (tertiary/aromatic N) is 2. The quantitative estimate of drug-likeness (QED) is 0.211. The number of hydrogen-bond donors (Lipinski definition) is 0. The normalized spacial score (nSPS) is 11.9. The SMILES string of the molecule is c1ccc(-c2cc3nc(-c4cccc5c4c4ccccc4n5-c4ccccc4)sc3c3c2sc2ccccc23)cc1. The summed E-state index contributed by atoms with van der Waals surface area (Å²) in [6, 6.07) is 47.8. The molecule has 0 aliphatic carbocycles. The fourth-order valence-electron chi connectivity index (χ4n) is 6.27. The maximum Gasteiger partial charge on any atom is 0.125 e. The van der Waals surface area contributed by atoms with Crippen molar-refractivity contribution < 1.29 is 0 Å². The Morgan fingerprint density at radius 3 is 2.07 bits per heavy atom. The molecule has 0 fully saturated rings. The molecule has 0 saturated carbocycles. The molecule has 0 radical (unpaired) electrons. The summed E-state index contributed by atoms with van der Waals surface area (Å²) in [5.74, 6) is 0. The fourth-order valence-corrected chi connectivity index (χ4v) is 8.72. The highest BCUT2D eigenvalue weighted by Crippen LogP contribution is 2.48. The van der Waals surface area contributed by atoms with Crippen LogP contribution in [0.25, 0.3) is 79.6 Å². The second kappa shape index (κ2) is 8.87. The highest BCUT2D eigenvalue weighted by Gasteiger charge is 2.21. The second-order valence-corrected chi connectivity index (χ2v) is 12.4. The summed E-state index contributed by atoms with van der Waals surface area (Å²) in [5, 5.41) is 6.19. The van der Waals surface area contributed by atoms with E-state index in [1.807, 2.05) is 22.7 Å². The second-order valence-electron chi connectivity index (χ2n) is 10.3. The van der Waals surface area contributed by atoms with Crippen LogP contribution in [0, 0.1) is 0 Å². The molecule has 6 aromatic carbocycles. The monoisotopic (exact) mass is 558 g/mol. The lowest BCUT2D eigenvalue weighted by atomic mass is 10.0. The van der Waals surface area contributed by atoms with Crippen molar-refractivity contribution in [2.75, 3.05) is 0 Å². The molecule has 41 heavy (non-hydrogen) atoms. The predicted molar refractivity (Wildman–Crippen MR) is 178 cm³/mol. The van der Waals surface area contributed by atoms with Crippen molar-refractivity contribution in [3.63, 3.8) is 0 Å². The van der Waals surface area contributed by atoms with Crippen LogP contribution >= 0.6 is 22.7 Å². The molecule has 0 aliphatic rings. The van der Waals surface area contributed by atoms with Gasteiger partial charge in [-0.2, -0.15) is 0 Å². The summed E-state index contributed by atoms with van der Waals surface area (Å²) in [5.41, 5.74) is 8.30. The minimum absolute atomic E-state index is 1.06. The van der Waals surface area contributed by atoms with Gasteiger partial charge in [0.15, 0.2) is 0 Å². The Balaban J connectivity index is 1.38. The summed E-state index contributed by atoms with van der Waals surface area (Å²) in [7, 11) is 0. The van der Waals surface area contributed by atoms with Gasteiger partial charge in [-0.1, -0.05) is 97.1 Å². The van der Waals surface area contributed by atoms with Crippen LogP contribution in [-0.2, 0) is 0 Å². The smallest absolute Gasteiger partial charge is 0.125 e. The molecule has 0 spiro atoms. The molecule has 0 bridgehead atoms. The fraction of sp³-hybridized carbons (Fsp3) is 0. The molecule has 0 amide bonds. The highest BCUT2D eigenvalue weighted by molar-refractivity contribution is 7.28. The van der Waals surface area contributed by atoms with Gasteiger partial charge < -0.3 is 4.57 Å². The van der Waals surface area contributed by atoms with Gasteiger partial charge in [0.25, 0.3) is 0 Å². The van der Waals surface area contributed by atoms with Crippen molar-refractivity contribution in [2.45, 2.75) is 0 Å². The Bertz CT molecular complexity index is 2410. The molecular formula is C37H22N2S2. The summed E-state index contributed by atoms with van der Waals surface area (Å²) >= 11 is 3.70. The molecule has 0 saturated heterocycles. The average molecular weight is 559 g/mol. The van der Waals surface area contributed by atoms with E-state index in [4.69, 9.17) is 4.98 Å². The van der Waals surface area contributed by atoms with Crippen molar-refractivity contribution in [2.24, 2.45) is 0 Å². The Labute approximate surface area is 244 Å². The van der Waals surface area contributed by atoms with Crippen LogP contribution in [0.5, 0.6) is 0 Å². The van der Waals surface area contributed by atoms with Crippen molar-refractivity contribution in [1.29, 1.82) is 0 Å². The lowest BCUT2D eigenvalue weighted by Gasteiger charge is -2.07. The predicted octanol–water partition coefficient (Wildman–Crippen LogP) is 11.1. The Morgan fingerprint density at radius 2 is 1.22 bits per heavy atom. The molecule has 0 N–H and O–H groups in total. The van der Waals surface area contributed by atoms with E-state index in [1.54, 1.807) is 0 Å². The first-order valence-corrected chi connectivity index (χ1v) is 15.4. The van der Waals surface area contributed by atoms with Crippen LogP contribution in [0.4, 0.5) is 0 Å². The van der Waals surface area contributed by atoms with Crippen molar-refractivity contribution in [3.8, 4) is 27.4 Å². The van der Waals surface area contributed by atoms with E-state index in [0.29, 0.717) is 0 Å². The van der Waals surface area contributed by atoms with E-state index in [1.165, 1.54) is 69.1 Å². The molecular weight excluding hydrogens is 537 g/mol. The third-order valence-electron chi connectivity index (χ3n) is 8.03. The topological polar surface area (TPSA) is 17.8 Å². The summed E-state index contributed by atoms with van der Waals surface area (Å²) < 4.78 is 6.28. The van der Waals surface area contributed by atoms with Crippen LogP contribution in [0.15, 0.2) is 133 Å². The third kappa shape index (κ3) is 3.38. The van der Waals surface area contributed by atoms with Crippen molar-refractivity contribution in [1.82, 2.24) is 9.55 Å². The summed E-state index contributed by atoms with van der Waals surface area (Å²) in [6.45, 7) is 0. The molecule has 9 aromatic rings. The molecule has 0 atom stereocenters. The van der Waals surface area contributed by atoms with E-state index in [2.05, 4.69) is 138 Å². The Kier molecular flexibility index (Phi) is 4.97. The van der Waals surface area contributed by atoms with Gasteiger partial charge in [0.2, 0.25) is 0 Å². The van der Waals surface area contributed by atoms with Crippen LogP contribution in [-0.4, -0.2) is 9.55 Å². The molecule has 9 rings (SSSR count). The van der Waals surface area contributed by atoms with E-state index in [9.17, 15) is 0 Å². The Hall–Kier alpha value is -4.77. The van der Waals surface area contributed by atoms with E-state index in [0.717, 1.165) is 10.5 Å². The number of rotatable bonds is 3. The minimum Gasteiger partial charge on any atom is -0.309 e. The van der Waals surface area contributed by atoms with E-state index < -0.39 is 0 Å². The number of aromatic nitrogens is 2. The molecule has 4 heteroatoms. The van der Waals surface area contributed by atoms with Gasteiger partial charge >= 0.3 is 0 Å². The van der Waals surface area contributed by atoms with Gasteiger partial charge in [0.05, 0.1) is 21.3 Å². The maximum absolute atomic E-state index is 5.36. The number of benzene rings is 6. The molecule has 3 heterocycles. The zero-order valence-electron chi connectivity index (χ0n) is 21.9. The maximum atomic E-state index is 5.36. The zero-order chi connectivity index (χ0) is 26.9. The van der Waals surface area contributed by atoms with Gasteiger partial charge in [-0.3, -0.25) is 0 Å².